The van der Waals surface area contributed by atoms with Gasteiger partial charge in [-0.3, -0.25) is 9.59 Å². The number of halogens is 1. The molecule has 0 saturated heterocycles. The topological polar surface area (TPSA) is 68.3 Å². The summed E-state index contributed by atoms with van der Waals surface area (Å²) in [5.74, 6) is -0.790. The molecule has 0 spiro atoms. The highest BCUT2D eigenvalue weighted by atomic mass is 32.2. The summed E-state index contributed by atoms with van der Waals surface area (Å²) >= 11 is 1.26. The molecule has 1 heterocycles. The van der Waals surface area contributed by atoms with Gasteiger partial charge in [-0.2, -0.15) is 0 Å². The van der Waals surface area contributed by atoms with Crippen LogP contribution in [0.2, 0.25) is 0 Å². The molecule has 2 rings (SSSR count). The lowest BCUT2D eigenvalue weighted by Gasteiger charge is -2.06. The third-order valence-corrected chi connectivity index (χ3v) is 3.59. The highest BCUT2D eigenvalue weighted by Gasteiger charge is 2.07. The molecule has 2 aromatic rings. The number of esters is 1. The van der Waals surface area contributed by atoms with Crippen molar-refractivity contribution >= 4 is 29.3 Å². The molecule has 1 N–H and O–H groups in total. The third-order valence-electron chi connectivity index (χ3n) is 2.82. The zero-order chi connectivity index (χ0) is 16.7. The number of thioether (sulfide) groups is 1. The first kappa shape index (κ1) is 17.0. The number of amides is 1. The van der Waals surface area contributed by atoms with Crippen LogP contribution in [0.4, 0.5) is 10.1 Å². The lowest BCUT2D eigenvalue weighted by molar-refractivity contribution is -0.140. The Labute approximate surface area is 137 Å². The fourth-order valence-corrected chi connectivity index (χ4v) is 2.20. The zero-order valence-electron chi connectivity index (χ0n) is 12.4. The van der Waals surface area contributed by atoms with E-state index in [0.29, 0.717) is 22.7 Å². The van der Waals surface area contributed by atoms with Crippen LogP contribution >= 0.6 is 11.8 Å². The highest BCUT2D eigenvalue weighted by Crippen LogP contribution is 2.16. The number of carbonyl (C=O) groups excluding carboxylic acids is 2. The number of aromatic nitrogens is 1. The molecular formula is C16H15FN2O3S. The monoisotopic (exact) mass is 334 g/mol. The zero-order valence-corrected chi connectivity index (χ0v) is 13.2. The number of nitrogens with zero attached hydrogens (tertiary/aromatic N) is 1. The Hall–Kier alpha value is -2.41. The molecule has 0 radical (unpaired) electrons. The van der Waals surface area contributed by atoms with Crippen molar-refractivity contribution < 1.29 is 18.7 Å². The van der Waals surface area contributed by atoms with Crippen LogP contribution in [0.5, 0.6) is 0 Å². The summed E-state index contributed by atoms with van der Waals surface area (Å²) in [5.41, 5.74) is 0.880. The minimum Gasteiger partial charge on any atom is -0.454 e. The molecule has 23 heavy (non-hydrogen) atoms. The summed E-state index contributed by atoms with van der Waals surface area (Å²) in [6.07, 6.45) is 1.76. The lowest BCUT2D eigenvalue weighted by atomic mass is 10.2. The van der Waals surface area contributed by atoms with Gasteiger partial charge in [-0.15, -0.1) is 0 Å². The van der Waals surface area contributed by atoms with Gasteiger partial charge >= 0.3 is 5.97 Å². The van der Waals surface area contributed by atoms with Crippen LogP contribution in [0, 0.1) is 5.82 Å². The Bertz CT molecular complexity index is 675. The summed E-state index contributed by atoms with van der Waals surface area (Å²) in [7, 11) is 0. The van der Waals surface area contributed by atoms with Crippen molar-refractivity contribution in [1.29, 1.82) is 0 Å². The maximum absolute atomic E-state index is 12.8. The van der Waals surface area contributed by atoms with E-state index in [1.54, 1.807) is 19.1 Å². The Balaban J connectivity index is 1.89. The Morgan fingerprint density at radius 3 is 2.57 bits per heavy atom. The number of pyridine rings is 1. The maximum atomic E-state index is 12.8. The van der Waals surface area contributed by atoms with Gasteiger partial charge in [0.1, 0.15) is 11.8 Å². The standard InChI is InChI=1S/C16H15FN2O3S/c1-2-15(20)22-10-23-14-8-3-11(9-18-14)16(21)19-13-6-4-12(17)5-7-13/h3-9H,2,10H2,1H3,(H,19,21). The number of carbonyl (C=O) groups is 2. The number of benzene rings is 1. The highest BCUT2D eigenvalue weighted by molar-refractivity contribution is 7.99. The number of ether oxygens (including phenoxy) is 1. The van der Waals surface area contributed by atoms with Gasteiger partial charge in [-0.25, -0.2) is 9.37 Å². The van der Waals surface area contributed by atoms with Crippen LogP contribution in [0.15, 0.2) is 47.6 Å². The minimum absolute atomic E-state index is 0.181. The van der Waals surface area contributed by atoms with E-state index in [2.05, 4.69) is 10.3 Å². The fraction of sp³-hybridized carbons (Fsp3) is 0.188. The van der Waals surface area contributed by atoms with E-state index in [1.807, 2.05) is 0 Å². The van der Waals surface area contributed by atoms with Crippen molar-refractivity contribution in [2.45, 2.75) is 18.4 Å². The number of anilines is 1. The first-order chi connectivity index (χ1) is 11.1. The van der Waals surface area contributed by atoms with Gasteiger partial charge < -0.3 is 10.1 Å². The van der Waals surface area contributed by atoms with Gasteiger partial charge in [0.05, 0.1) is 10.6 Å². The maximum Gasteiger partial charge on any atom is 0.306 e. The molecule has 0 fully saturated rings. The smallest absolute Gasteiger partial charge is 0.306 e. The van der Waals surface area contributed by atoms with Crippen molar-refractivity contribution in [3.05, 3.63) is 54.0 Å². The van der Waals surface area contributed by atoms with E-state index in [-0.39, 0.29) is 23.6 Å². The predicted octanol–water partition coefficient (Wildman–Crippen LogP) is 3.48. The van der Waals surface area contributed by atoms with E-state index >= 15 is 0 Å². The molecule has 0 atom stereocenters. The average Bonchev–Trinajstić information content (AvgIpc) is 2.57. The molecule has 1 aromatic carbocycles. The molecule has 0 saturated carbocycles. The molecule has 1 aromatic heterocycles. The van der Waals surface area contributed by atoms with Gasteiger partial charge in [0.25, 0.3) is 5.91 Å². The Morgan fingerprint density at radius 2 is 1.96 bits per heavy atom. The predicted molar refractivity (Wildman–Crippen MR) is 85.7 cm³/mol. The summed E-state index contributed by atoms with van der Waals surface area (Å²) in [5, 5.41) is 3.29. The molecule has 5 nitrogen and oxygen atoms in total. The molecule has 0 aliphatic rings. The largest absolute Gasteiger partial charge is 0.454 e. The summed E-state index contributed by atoms with van der Waals surface area (Å²) in [4.78, 5) is 27.2. The van der Waals surface area contributed by atoms with E-state index in [4.69, 9.17) is 4.74 Å². The minimum atomic E-state index is -0.366. The van der Waals surface area contributed by atoms with Gasteiger partial charge in [-0.05, 0) is 36.4 Å². The average molecular weight is 334 g/mol. The molecule has 0 unspecified atom stereocenters. The second-order valence-corrected chi connectivity index (χ2v) is 5.42. The van der Waals surface area contributed by atoms with Crippen LogP contribution in [0.1, 0.15) is 23.7 Å². The molecule has 1 amide bonds. The molecule has 120 valence electrons. The quantitative estimate of drug-likeness (QED) is 0.498. The van der Waals surface area contributed by atoms with E-state index in [1.165, 1.54) is 42.2 Å². The van der Waals surface area contributed by atoms with Crippen LogP contribution in [0.25, 0.3) is 0 Å². The summed E-state index contributed by atoms with van der Waals surface area (Å²) in [6.45, 7) is 1.72. The van der Waals surface area contributed by atoms with Crippen molar-refractivity contribution in [3.8, 4) is 0 Å². The van der Waals surface area contributed by atoms with Crippen LogP contribution < -0.4 is 5.32 Å². The van der Waals surface area contributed by atoms with E-state index in [0.717, 1.165) is 0 Å². The van der Waals surface area contributed by atoms with E-state index < -0.39 is 0 Å². The SMILES string of the molecule is CCC(=O)OCSc1ccc(C(=O)Nc2ccc(F)cc2)cn1. The summed E-state index contributed by atoms with van der Waals surface area (Å²) in [6, 6.07) is 8.79. The molecule has 0 bridgehead atoms. The number of hydrogen-bond donors (Lipinski definition) is 1. The van der Waals surface area contributed by atoms with Crippen molar-refractivity contribution in [2.75, 3.05) is 11.3 Å². The van der Waals surface area contributed by atoms with Crippen molar-refractivity contribution in [1.82, 2.24) is 4.98 Å². The van der Waals surface area contributed by atoms with Crippen LogP contribution in [0.3, 0.4) is 0 Å². The molecule has 0 aliphatic carbocycles. The van der Waals surface area contributed by atoms with E-state index in [9.17, 15) is 14.0 Å². The normalized spacial score (nSPS) is 10.2. The molecular weight excluding hydrogens is 319 g/mol. The molecule has 0 aliphatic heterocycles. The fourth-order valence-electron chi connectivity index (χ4n) is 1.59. The Morgan fingerprint density at radius 1 is 1.22 bits per heavy atom. The van der Waals surface area contributed by atoms with Gasteiger partial charge in [0.15, 0.2) is 0 Å². The van der Waals surface area contributed by atoms with Crippen molar-refractivity contribution in [3.63, 3.8) is 0 Å². The van der Waals surface area contributed by atoms with Crippen LogP contribution in [-0.4, -0.2) is 22.8 Å². The molecule has 7 heteroatoms. The van der Waals surface area contributed by atoms with Gasteiger partial charge in [0.2, 0.25) is 0 Å². The summed E-state index contributed by atoms with van der Waals surface area (Å²) < 4.78 is 17.7. The number of hydrogen-bond acceptors (Lipinski definition) is 5. The van der Waals surface area contributed by atoms with Crippen molar-refractivity contribution in [2.24, 2.45) is 0 Å². The van der Waals surface area contributed by atoms with Crippen LogP contribution in [-0.2, 0) is 9.53 Å². The second-order valence-electron chi connectivity index (χ2n) is 4.48. The Kier molecular flexibility index (Phi) is 6.10. The number of rotatable bonds is 6. The first-order valence-corrected chi connectivity index (χ1v) is 7.88. The first-order valence-electron chi connectivity index (χ1n) is 6.90. The lowest BCUT2D eigenvalue weighted by Crippen LogP contribution is -2.12. The van der Waals surface area contributed by atoms with Gasteiger partial charge in [0, 0.05) is 18.3 Å². The number of nitrogens with one attached hydrogen (secondary N) is 1. The van der Waals surface area contributed by atoms with Gasteiger partial charge in [-0.1, -0.05) is 18.7 Å². The second kappa shape index (κ2) is 8.28. The third kappa shape index (κ3) is 5.37.